The van der Waals surface area contributed by atoms with E-state index in [-0.39, 0.29) is 27.3 Å². The first-order valence-electron chi connectivity index (χ1n) is 4.96. The maximum absolute atomic E-state index is 12.2. The Kier molecular flexibility index (Phi) is 7.51. The van der Waals surface area contributed by atoms with Gasteiger partial charge in [0.05, 0.1) is 10.0 Å². The molecule has 0 bridgehead atoms. The highest BCUT2D eigenvalue weighted by atomic mass is 35.5. The van der Waals surface area contributed by atoms with Gasteiger partial charge in [0.1, 0.15) is 4.90 Å². The lowest BCUT2D eigenvalue weighted by molar-refractivity contribution is 0.466. The predicted molar refractivity (Wildman–Crippen MR) is 77.5 cm³/mol. The van der Waals surface area contributed by atoms with Crippen LogP contribution in [0.1, 0.15) is 0 Å². The summed E-state index contributed by atoms with van der Waals surface area (Å²) >= 11 is 11.7. The molecule has 0 aromatic heterocycles. The number of hydrogen-bond acceptors (Lipinski definition) is 3. The highest BCUT2D eigenvalue weighted by Crippen LogP contribution is 2.30. The first-order chi connectivity index (χ1) is 7.91. The number of rotatable bonds is 5. The van der Waals surface area contributed by atoms with Crippen LogP contribution < -0.4 is 5.32 Å². The van der Waals surface area contributed by atoms with Crippen molar-refractivity contribution in [3.05, 3.63) is 28.2 Å². The van der Waals surface area contributed by atoms with Crippen LogP contribution in [0.15, 0.2) is 23.1 Å². The zero-order chi connectivity index (χ0) is 13.1. The van der Waals surface area contributed by atoms with Crippen molar-refractivity contribution < 1.29 is 8.42 Å². The summed E-state index contributed by atoms with van der Waals surface area (Å²) < 4.78 is 25.6. The normalized spacial score (nSPS) is 11.4. The fourth-order valence-corrected chi connectivity index (χ4v) is 3.14. The van der Waals surface area contributed by atoms with Gasteiger partial charge in [-0.1, -0.05) is 29.3 Å². The molecule has 0 fully saturated rings. The van der Waals surface area contributed by atoms with E-state index < -0.39 is 10.0 Å². The molecule has 1 N–H and O–H groups in total. The average Bonchev–Trinajstić information content (AvgIpc) is 2.29. The number of hydrogen-bond donors (Lipinski definition) is 1. The van der Waals surface area contributed by atoms with Crippen molar-refractivity contribution in [1.29, 1.82) is 0 Å². The fraction of sp³-hybridized carbons (Fsp3) is 0.400. The summed E-state index contributed by atoms with van der Waals surface area (Å²) in [6, 6.07) is 4.56. The smallest absolute Gasteiger partial charge is 0.244 e. The van der Waals surface area contributed by atoms with Crippen molar-refractivity contribution in [2.45, 2.75) is 4.90 Å². The third-order valence-electron chi connectivity index (χ3n) is 2.28. The monoisotopic (exact) mass is 332 g/mol. The molecule has 0 radical (unpaired) electrons. The van der Waals surface area contributed by atoms with Crippen LogP contribution in [0.4, 0.5) is 0 Å². The van der Waals surface area contributed by atoms with E-state index in [1.54, 1.807) is 19.2 Å². The van der Waals surface area contributed by atoms with Gasteiger partial charge in [0, 0.05) is 20.1 Å². The van der Waals surface area contributed by atoms with Crippen LogP contribution in [-0.2, 0) is 10.0 Å². The SMILES string of the molecule is CNCCN(C)S(=O)(=O)c1cccc(Cl)c1Cl.Cl. The lowest BCUT2D eigenvalue weighted by Gasteiger charge is -2.17. The number of sulfonamides is 1. The molecule has 0 saturated carbocycles. The Morgan fingerprint density at radius 3 is 2.50 bits per heavy atom. The molecule has 0 amide bonds. The van der Waals surface area contributed by atoms with Crippen molar-refractivity contribution in [3.8, 4) is 0 Å². The lowest BCUT2D eigenvalue weighted by atomic mass is 10.4. The standard InChI is InChI=1S/C10H14Cl2N2O2S.ClH/c1-13-6-7-14(2)17(15,16)9-5-3-4-8(11)10(9)12;/h3-5,13H,6-7H2,1-2H3;1H. The molecule has 0 unspecified atom stereocenters. The number of nitrogens with one attached hydrogen (secondary N) is 1. The summed E-state index contributed by atoms with van der Waals surface area (Å²) in [7, 11) is -0.327. The Hall–Kier alpha value is -0.0400. The van der Waals surface area contributed by atoms with Crippen molar-refractivity contribution in [2.24, 2.45) is 0 Å². The van der Waals surface area contributed by atoms with Crippen molar-refractivity contribution in [1.82, 2.24) is 9.62 Å². The molecule has 0 heterocycles. The van der Waals surface area contributed by atoms with E-state index in [1.807, 2.05) is 0 Å². The van der Waals surface area contributed by atoms with Crippen molar-refractivity contribution in [2.75, 3.05) is 27.2 Å². The second-order valence-electron chi connectivity index (χ2n) is 3.48. The van der Waals surface area contributed by atoms with Gasteiger partial charge < -0.3 is 5.32 Å². The van der Waals surface area contributed by atoms with E-state index in [0.717, 1.165) is 0 Å². The molecule has 0 aliphatic heterocycles. The highest BCUT2D eigenvalue weighted by Gasteiger charge is 2.23. The first kappa shape index (κ1) is 18.0. The molecule has 1 aromatic carbocycles. The number of likely N-dealkylation sites (N-methyl/N-ethyl adjacent to an activating group) is 2. The quantitative estimate of drug-likeness (QED) is 0.899. The highest BCUT2D eigenvalue weighted by molar-refractivity contribution is 7.89. The average molecular weight is 334 g/mol. The molecule has 0 atom stereocenters. The van der Waals surface area contributed by atoms with Crippen LogP contribution in [0.5, 0.6) is 0 Å². The Morgan fingerprint density at radius 1 is 1.33 bits per heavy atom. The summed E-state index contributed by atoms with van der Waals surface area (Å²) in [5.74, 6) is 0. The maximum atomic E-state index is 12.2. The summed E-state index contributed by atoms with van der Waals surface area (Å²) in [4.78, 5) is 0.0327. The van der Waals surface area contributed by atoms with Crippen LogP contribution in [0, 0.1) is 0 Å². The minimum atomic E-state index is -3.59. The minimum absolute atomic E-state index is 0. The summed E-state index contributed by atoms with van der Waals surface area (Å²) in [6.07, 6.45) is 0. The van der Waals surface area contributed by atoms with Crippen LogP contribution in [0.2, 0.25) is 10.0 Å². The van der Waals surface area contributed by atoms with Gasteiger partial charge in [0.15, 0.2) is 0 Å². The lowest BCUT2D eigenvalue weighted by Crippen LogP contribution is -2.33. The van der Waals surface area contributed by atoms with Crippen LogP contribution in [-0.4, -0.2) is 39.9 Å². The molecular formula is C10H15Cl3N2O2S. The molecule has 8 heteroatoms. The van der Waals surface area contributed by atoms with Crippen LogP contribution in [0.3, 0.4) is 0 Å². The molecule has 0 spiro atoms. The summed E-state index contributed by atoms with van der Waals surface area (Å²) in [5, 5.41) is 3.17. The van der Waals surface area contributed by atoms with E-state index in [2.05, 4.69) is 5.32 Å². The Morgan fingerprint density at radius 2 is 1.94 bits per heavy atom. The third-order valence-corrected chi connectivity index (χ3v) is 5.11. The zero-order valence-corrected chi connectivity index (χ0v) is 13.1. The summed E-state index contributed by atoms with van der Waals surface area (Å²) in [6.45, 7) is 0.926. The minimum Gasteiger partial charge on any atom is -0.318 e. The van der Waals surface area contributed by atoms with Crippen molar-refractivity contribution in [3.63, 3.8) is 0 Å². The van der Waals surface area contributed by atoms with Gasteiger partial charge in [0.2, 0.25) is 10.0 Å². The van der Waals surface area contributed by atoms with Gasteiger partial charge in [-0.2, -0.15) is 4.31 Å². The van der Waals surface area contributed by atoms with Gasteiger partial charge in [-0.3, -0.25) is 0 Å². The van der Waals surface area contributed by atoms with Gasteiger partial charge in [-0.05, 0) is 19.2 Å². The Labute approximate surface area is 124 Å². The molecule has 4 nitrogen and oxygen atoms in total. The number of nitrogens with zero attached hydrogens (tertiary/aromatic N) is 1. The van der Waals surface area contributed by atoms with Crippen LogP contribution >= 0.6 is 35.6 Å². The molecule has 18 heavy (non-hydrogen) atoms. The predicted octanol–water partition coefficient (Wildman–Crippen LogP) is 2.26. The molecule has 0 saturated heterocycles. The van der Waals surface area contributed by atoms with Gasteiger partial charge in [0.25, 0.3) is 0 Å². The maximum Gasteiger partial charge on any atom is 0.244 e. The molecule has 1 aromatic rings. The van der Waals surface area contributed by atoms with E-state index in [9.17, 15) is 8.42 Å². The second-order valence-corrected chi connectivity index (χ2v) is 6.28. The fourth-order valence-electron chi connectivity index (χ4n) is 1.24. The van der Waals surface area contributed by atoms with Crippen LogP contribution in [0.25, 0.3) is 0 Å². The molecular weight excluding hydrogens is 319 g/mol. The molecule has 0 aliphatic carbocycles. The topological polar surface area (TPSA) is 49.4 Å². The molecule has 0 aliphatic rings. The first-order valence-corrected chi connectivity index (χ1v) is 7.16. The zero-order valence-electron chi connectivity index (χ0n) is 9.98. The van der Waals surface area contributed by atoms with Gasteiger partial charge in [-0.15, -0.1) is 12.4 Å². The van der Waals surface area contributed by atoms with Gasteiger partial charge in [-0.25, -0.2) is 8.42 Å². The number of benzene rings is 1. The van der Waals surface area contributed by atoms with E-state index >= 15 is 0 Å². The number of halogens is 3. The molecule has 104 valence electrons. The molecule has 1 rings (SSSR count). The van der Waals surface area contributed by atoms with E-state index in [0.29, 0.717) is 13.1 Å². The van der Waals surface area contributed by atoms with Crippen molar-refractivity contribution >= 4 is 45.6 Å². The van der Waals surface area contributed by atoms with E-state index in [1.165, 1.54) is 17.4 Å². The Balaban J connectivity index is 0.00000289. The second kappa shape index (κ2) is 7.53. The summed E-state index contributed by atoms with van der Waals surface area (Å²) in [5.41, 5.74) is 0. The largest absolute Gasteiger partial charge is 0.318 e. The third kappa shape index (κ3) is 3.98. The van der Waals surface area contributed by atoms with E-state index in [4.69, 9.17) is 23.2 Å². The van der Waals surface area contributed by atoms with Gasteiger partial charge >= 0.3 is 0 Å². The Bertz CT molecular complexity index is 494.